The molecule has 6 nitrogen and oxygen atoms in total. The van der Waals surface area contributed by atoms with Crippen LogP contribution in [0.2, 0.25) is 0 Å². The molecule has 0 saturated heterocycles. The molecule has 0 bridgehead atoms. The maximum Gasteiger partial charge on any atom is 0.269 e. The SMILES string of the molecule is CC(C)c1ncc(C(=O)NCc2ccon2)[nH]1. The van der Waals surface area contributed by atoms with Gasteiger partial charge in [-0.05, 0) is 0 Å². The minimum Gasteiger partial charge on any atom is -0.364 e. The van der Waals surface area contributed by atoms with Crippen molar-refractivity contribution in [3.05, 3.63) is 35.7 Å². The molecular formula is C11H14N4O2. The van der Waals surface area contributed by atoms with Crippen molar-refractivity contribution in [2.24, 2.45) is 0 Å². The molecule has 2 heterocycles. The maximum absolute atomic E-state index is 11.7. The summed E-state index contributed by atoms with van der Waals surface area (Å²) >= 11 is 0. The summed E-state index contributed by atoms with van der Waals surface area (Å²) in [6.07, 6.45) is 3.00. The molecule has 1 amide bonds. The average Bonchev–Trinajstić information content (AvgIpc) is 2.96. The Morgan fingerprint density at radius 1 is 1.59 bits per heavy atom. The van der Waals surface area contributed by atoms with Gasteiger partial charge in [0.2, 0.25) is 0 Å². The third-order valence-corrected chi connectivity index (χ3v) is 2.31. The quantitative estimate of drug-likeness (QED) is 0.838. The smallest absolute Gasteiger partial charge is 0.269 e. The molecule has 2 aromatic heterocycles. The highest BCUT2D eigenvalue weighted by atomic mass is 16.5. The minimum atomic E-state index is -0.201. The van der Waals surface area contributed by atoms with Crippen LogP contribution in [-0.4, -0.2) is 21.0 Å². The molecule has 0 radical (unpaired) electrons. The first-order valence-corrected chi connectivity index (χ1v) is 5.39. The lowest BCUT2D eigenvalue weighted by Gasteiger charge is -2.00. The van der Waals surface area contributed by atoms with Gasteiger partial charge in [-0.2, -0.15) is 0 Å². The first kappa shape index (κ1) is 11.4. The molecule has 0 aromatic carbocycles. The second-order valence-corrected chi connectivity index (χ2v) is 4.01. The lowest BCUT2D eigenvalue weighted by molar-refractivity contribution is 0.0945. The van der Waals surface area contributed by atoms with Crippen molar-refractivity contribution >= 4 is 5.91 Å². The lowest BCUT2D eigenvalue weighted by Crippen LogP contribution is -2.23. The van der Waals surface area contributed by atoms with E-state index in [1.54, 1.807) is 6.07 Å². The summed E-state index contributed by atoms with van der Waals surface area (Å²) in [5.41, 5.74) is 1.14. The van der Waals surface area contributed by atoms with E-state index in [2.05, 4.69) is 25.0 Å². The van der Waals surface area contributed by atoms with E-state index in [9.17, 15) is 4.79 Å². The molecule has 2 aromatic rings. The van der Waals surface area contributed by atoms with Crippen LogP contribution in [0.15, 0.2) is 23.0 Å². The molecule has 2 N–H and O–H groups in total. The van der Waals surface area contributed by atoms with Crippen LogP contribution in [0.1, 0.15) is 41.8 Å². The summed E-state index contributed by atoms with van der Waals surface area (Å²) in [4.78, 5) is 18.8. The molecule has 0 fully saturated rings. The molecule has 2 rings (SSSR count). The highest BCUT2D eigenvalue weighted by Crippen LogP contribution is 2.09. The van der Waals surface area contributed by atoms with E-state index in [4.69, 9.17) is 0 Å². The molecule has 0 spiro atoms. The van der Waals surface area contributed by atoms with Gasteiger partial charge in [0.15, 0.2) is 0 Å². The van der Waals surface area contributed by atoms with Crippen LogP contribution in [0.3, 0.4) is 0 Å². The van der Waals surface area contributed by atoms with E-state index in [0.717, 1.165) is 5.82 Å². The Morgan fingerprint density at radius 3 is 3.00 bits per heavy atom. The first-order valence-electron chi connectivity index (χ1n) is 5.39. The van der Waals surface area contributed by atoms with Gasteiger partial charge in [-0.1, -0.05) is 19.0 Å². The Labute approximate surface area is 98.4 Å². The Bertz CT molecular complexity index is 487. The van der Waals surface area contributed by atoms with Crippen LogP contribution >= 0.6 is 0 Å². The fourth-order valence-electron chi connectivity index (χ4n) is 1.34. The molecular weight excluding hydrogens is 220 g/mol. The number of hydrogen-bond acceptors (Lipinski definition) is 4. The van der Waals surface area contributed by atoms with Gasteiger partial charge in [0, 0.05) is 12.0 Å². The Morgan fingerprint density at radius 2 is 2.41 bits per heavy atom. The lowest BCUT2D eigenvalue weighted by atomic mass is 10.2. The summed E-state index contributed by atoms with van der Waals surface area (Å²) in [5.74, 6) is 0.871. The largest absolute Gasteiger partial charge is 0.364 e. The fraction of sp³-hybridized carbons (Fsp3) is 0.364. The number of H-pyrrole nitrogens is 1. The van der Waals surface area contributed by atoms with Crippen molar-refractivity contribution in [3.63, 3.8) is 0 Å². The molecule has 17 heavy (non-hydrogen) atoms. The van der Waals surface area contributed by atoms with E-state index in [0.29, 0.717) is 17.9 Å². The molecule has 90 valence electrons. The van der Waals surface area contributed by atoms with Crippen molar-refractivity contribution in [1.82, 2.24) is 20.4 Å². The highest BCUT2D eigenvalue weighted by molar-refractivity contribution is 5.92. The number of carbonyl (C=O) groups is 1. The molecule has 0 saturated carbocycles. The predicted molar refractivity (Wildman–Crippen MR) is 60.3 cm³/mol. The number of nitrogens with zero attached hydrogens (tertiary/aromatic N) is 2. The summed E-state index contributed by atoms with van der Waals surface area (Å²) < 4.78 is 4.67. The molecule has 0 aliphatic rings. The number of amides is 1. The van der Waals surface area contributed by atoms with Crippen LogP contribution < -0.4 is 5.32 Å². The monoisotopic (exact) mass is 234 g/mol. The van der Waals surface area contributed by atoms with Crippen molar-refractivity contribution in [1.29, 1.82) is 0 Å². The van der Waals surface area contributed by atoms with Gasteiger partial charge in [-0.25, -0.2) is 4.98 Å². The van der Waals surface area contributed by atoms with E-state index < -0.39 is 0 Å². The van der Waals surface area contributed by atoms with Crippen molar-refractivity contribution in [2.75, 3.05) is 0 Å². The third-order valence-electron chi connectivity index (χ3n) is 2.31. The minimum absolute atomic E-state index is 0.201. The number of rotatable bonds is 4. The number of carbonyl (C=O) groups excluding carboxylic acids is 1. The highest BCUT2D eigenvalue weighted by Gasteiger charge is 2.11. The van der Waals surface area contributed by atoms with E-state index >= 15 is 0 Å². The van der Waals surface area contributed by atoms with Crippen molar-refractivity contribution in [2.45, 2.75) is 26.3 Å². The number of aromatic amines is 1. The number of imidazole rings is 1. The number of hydrogen-bond donors (Lipinski definition) is 2. The fourth-order valence-corrected chi connectivity index (χ4v) is 1.34. The van der Waals surface area contributed by atoms with Crippen LogP contribution in [0.5, 0.6) is 0 Å². The van der Waals surface area contributed by atoms with E-state index in [1.807, 2.05) is 13.8 Å². The van der Waals surface area contributed by atoms with Crippen LogP contribution in [0.25, 0.3) is 0 Å². The molecule has 6 heteroatoms. The topological polar surface area (TPSA) is 83.8 Å². The summed E-state index contributed by atoms with van der Waals surface area (Å²) in [6, 6.07) is 1.70. The van der Waals surface area contributed by atoms with Crippen molar-refractivity contribution < 1.29 is 9.32 Å². The Hall–Kier alpha value is -2.11. The third kappa shape index (κ3) is 2.72. The summed E-state index contributed by atoms with van der Waals surface area (Å²) in [6.45, 7) is 4.36. The van der Waals surface area contributed by atoms with Crippen LogP contribution in [-0.2, 0) is 6.54 Å². The predicted octanol–water partition coefficient (Wildman–Crippen LogP) is 1.45. The Kier molecular flexibility index (Phi) is 3.22. The first-order chi connectivity index (χ1) is 8.16. The second kappa shape index (κ2) is 4.82. The van der Waals surface area contributed by atoms with Gasteiger partial charge in [-0.3, -0.25) is 4.79 Å². The summed E-state index contributed by atoms with van der Waals surface area (Å²) in [7, 11) is 0. The molecule has 0 aliphatic heterocycles. The zero-order valence-corrected chi connectivity index (χ0v) is 9.73. The zero-order chi connectivity index (χ0) is 12.3. The van der Waals surface area contributed by atoms with E-state index in [-0.39, 0.29) is 11.8 Å². The van der Waals surface area contributed by atoms with Gasteiger partial charge in [0.1, 0.15) is 23.5 Å². The standard InChI is InChI=1S/C11H14N4O2/c1-7(2)10-12-6-9(14-10)11(16)13-5-8-3-4-17-15-8/h3-4,6-7H,5H2,1-2H3,(H,12,14)(H,13,16). The normalized spacial score (nSPS) is 10.8. The molecule has 0 aliphatic carbocycles. The molecule has 0 unspecified atom stereocenters. The van der Waals surface area contributed by atoms with Crippen LogP contribution in [0.4, 0.5) is 0 Å². The number of aromatic nitrogens is 3. The van der Waals surface area contributed by atoms with Gasteiger partial charge in [0.25, 0.3) is 5.91 Å². The van der Waals surface area contributed by atoms with Crippen LogP contribution in [0, 0.1) is 0 Å². The van der Waals surface area contributed by atoms with Gasteiger partial charge >= 0.3 is 0 Å². The van der Waals surface area contributed by atoms with Gasteiger partial charge < -0.3 is 14.8 Å². The van der Waals surface area contributed by atoms with Gasteiger partial charge in [0.05, 0.1) is 12.7 Å². The second-order valence-electron chi connectivity index (χ2n) is 4.01. The zero-order valence-electron chi connectivity index (χ0n) is 9.73. The Balaban J connectivity index is 1.95. The van der Waals surface area contributed by atoms with Crippen molar-refractivity contribution in [3.8, 4) is 0 Å². The van der Waals surface area contributed by atoms with E-state index in [1.165, 1.54) is 12.5 Å². The number of nitrogens with one attached hydrogen (secondary N) is 2. The average molecular weight is 234 g/mol. The van der Waals surface area contributed by atoms with Gasteiger partial charge in [-0.15, -0.1) is 0 Å². The maximum atomic E-state index is 11.7. The summed E-state index contributed by atoms with van der Waals surface area (Å²) in [5, 5.41) is 6.42. The molecule has 0 atom stereocenters.